The molecule has 0 bridgehead atoms. The minimum atomic E-state index is -0.264. The zero-order chi connectivity index (χ0) is 10.8. The molecule has 1 heterocycles. The molecule has 0 saturated carbocycles. The fourth-order valence-corrected chi connectivity index (χ4v) is 2.45. The van der Waals surface area contributed by atoms with Crippen molar-refractivity contribution in [3.63, 3.8) is 0 Å². The topological polar surface area (TPSA) is 38.9 Å². The van der Waals surface area contributed by atoms with Crippen LogP contribution in [0, 0.1) is 5.82 Å². The number of hydrogen-bond acceptors (Lipinski definition) is 3. The van der Waals surface area contributed by atoms with Crippen LogP contribution in [0.4, 0.5) is 4.39 Å². The normalized spacial score (nSPS) is 10.6. The highest BCUT2D eigenvalue weighted by atomic mass is 79.9. The summed E-state index contributed by atoms with van der Waals surface area (Å²) in [5, 5.41) is 2.79. The molecule has 0 aliphatic heterocycles. The van der Waals surface area contributed by atoms with Crippen LogP contribution in [0.1, 0.15) is 5.01 Å². The number of hydrogen-bond donors (Lipinski definition) is 1. The van der Waals surface area contributed by atoms with Crippen molar-refractivity contribution in [2.75, 3.05) is 0 Å². The minimum absolute atomic E-state index is 0.264. The molecule has 15 heavy (non-hydrogen) atoms. The fourth-order valence-electron chi connectivity index (χ4n) is 1.23. The number of benzene rings is 1. The van der Waals surface area contributed by atoms with Gasteiger partial charge in [0, 0.05) is 22.0 Å². The summed E-state index contributed by atoms with van der Waals surface area (Å²) in [6.07, 6.45) is 0. The van der Waals surface area contributed by atoms with Crippen LogP contribution in [0.5, 0.6) is 0 Å². The van der Waals surface area contributed by atoms with Gasteiger partial charge >= 0.3 is 0 Å². The number of rotatable bonds is 2. The van der Waals surface area contributed by atoms with E-state index in [1.807, 2.05) is 5.38 Å². The van der Waals surface area contributed by atoms with Crippen LogP contribution in [0.15, 0.2) is 28.1 Å². The van der Waals surface area contributed by atoms with Crippen molar-refractivity contribution in [3.8, 4) is 11.3 Å². The van der Waals surface area contributed by atoms with E-state index in [0.717, 1.165) is 16.3 Å². The highest BCUT2D eigenvalue weighted by molar-refractivity contribution is 9.10. The Morgan fingerprint density at radius 1 is 1.47 bits per heavy atom. The predicted octanol–water partition coefficient (Wildman–Crippen LogP) is 3.17. The van der Waals surface area contributed by atoms with Gasteiger partial charge in [0.05, 0.1) is 5.69 Å². The van der Waals surface area contributed by atoms with Crippen molar-refractivity contribution in [1.82, 2.24) is 4.98 Å². The Bertz CT molecular complexity index is 484. The molecule has 2 rings (SSSR count). The van der Waals surface area contributed by atoms with Crippen LogP contribution in [-0.4, -0.2) is 4.98 Å². The summed E-state index contributed by atoms with van der Waals surface area (Å²) in [5.41, 5.74) is 7.19. The third-order valence-electron chi connectivity index (χ3n) is 1.93. The van der Waals surface area contributed by atoms with Gasteiger partial charge in [-0.25, -0.2) is 9.37 Å². The van der Waals surface area contributed by atoms with Gasteiger partial charge in [0.15, 0.2) is 0 Å². The second-order valence-electron chi connectivity index (χ2n) is 2.95. The number of aromatic nitrogens is 1. The first kappa shape index (κ1) is 10.7. The minimum Gasteiger partial charge on any atom is -0.325 e. The van der Waals surface area contributed by atoms with Crippen molar-refractivity contribution in [3.05, 3.63) is 38.9 Å². The van der Waals surface area contributed by atoms with Crippen molar-refractivity contribution < 1.29 is 4.39 Å². The van der Waals surface area contributed by atoms with Crippen LogP contribution >= 0.6 is 27.3 Å². The summed E-state index contributed by atoms with van der Waals surface area (Å²) in [6.45, 7) is 0.434. The third kappa shape index (κ3) is 2.25. The lowest BCUT2D eigenvalue weighted by Crippen LogP contribution is -1.94. The Hall–Kier alpha value is -0.780. The SMILES string of the molecule is NCc1nc(-c2ccc(F)cc2Br)cs1. The second-order valence-corrected chi connectivity index (χ2v) is 4.75. The van der Waals surface area contributed by atoms with Gasteiger partial charge in [-0.15, -0.1) is 11.3 Å². The Labute approximate surface area is 99.1 Å². The maximum Gasteiger partial charge on any atom is 0.124 e. The largest absolute Gasteiger partial charge is 0.325 e. The Morgan fingerprint density at radius 3 is 2.87 bits per heavy atom. The van der Waals surface area contributed by atoms with Crippen LogP contribution in [0.25, 0.3) is 11.3 Å². The van der Waals surface area contributed by atoms with E-state index >= 15 is 0 Å². The number of thiazole rings is 1. The van der Waals surface area contributed by atoms with Crippen molar-refractivity contribution in [2.24, 2.45) is 5.73 Å². The lowest BCUT2D eigenvalue weighted by atomic mass is 10.2. The van der Waals surface area contributed by atoms with E-state index in [1.165, 1.54) is 23.5 Å². The Morgan fingerprint density at radius 2 is 2.27 bits per heavy atom. The van der Waals surface area contributed by atoms with Gasteiger partial charge in [0.25, 0.3) is 0 Å². The van der Waals surface area contributed by atoms with E-state index in [1.54, 1.807) is 6.07 Å². The molecule has 0 amide bonds. The molecule has 0 fully saturated rings. The first-order valence-electron chi connectivity index (χ1n) is 4.30. The van der Waals surface area contributed by atoms with Gasteiger partial charge in [0.1, 0.15) is 10.8 Å². The lowest BCUT2D eigenvalue weighted by molar-refractivity contribution is 0.627. The third-order valence-corrected chi connectivity index (χ3v) is 3.46. The summed E-state index contributed by atoms with van der Waals surface area (Å²) >= 11 is 4.81. The van der Waals surface area contributed by atoms with Gasteiger partial charge in [-0.3, -0.25) is 0 Å². The zero-order valence-corrected chi connectivity index (χ0v) is 10.1. The molecule has 0 unspecified atom stereocenters. The van der Waals surface area contributed by atoms with Gasteiger partial charge < -0.3 is 5.73 Å². The summed E-state index contributed by atoms with van der Waals surface area (Å²) < 4.78 is 13.6. The monoisotopic (exact) mass is 286 g/mol. The molecule has 0 aliphatic carbocycles. The molecule has 1 aromatic heterocycles. The average molecular weight is 287 g/mol. The van der Waals surface area contributed by atoms with E-state index in [9.17, 15) is 4.39 Å². The molecule has 0 spiro atoms. The second kappa shape index (κ2) is 4.38. The maximum atomic E-state index is 12.9. The Balaban J connectivity index is 2.44. The standard InChI is InChI=1S/C10H8BrFN2S/c11-8-3-6(12)1-2-7(8)9-5-15-10(4-13)14-9/h1-3,5H,4,13H2. The van der Waals surface area contributed by atoms with Gasteiger partial charge in [-0.1, -0.05) is 0 Å². The molecular formula is C10H8BrFN2S. The number of halogens is 2. The number of nitrogens with zero attached hydrogens (tertiary/aromatic N) is 1. The number of nitrogens with two attached hydrogens (primary N) is 1. The van der Waals surface area contributed by atoms with Gasteiger partial charge in [-0.05, 0) is 34.1 Å². The zero-order valence-electron chi connectivity index (χ0n) is 7.71. The molecule has 2 aromatic rings. The van der Waals surface area contributed by atoms with E-state index in [4.69, 9.17) is 5.73 Å². The van der Waals surface area contributed by atoms with Crippen LogP contribution in [0.2, 0.25) is 0 Å². The molecule has 0 atom stereocenters. The van der Waals surface area contributed by atoms with Crippen LogP contribution < -0.4 is 5.73 Å². The fraction of sp³-hybridized carbons (Fsp3) is 0.100. The molecule has 0 saturated heterocycles. The van der Waals surface area contributed by atoms with E-state index < -0.39 is 0 Å². The predicted molar refractivity (Wildman–Crippen MR) is 63.1 cm³/mol. The summed E-state index contributed by atoms with van der Waals surface area (Å²) in [4.78, 5) is 4.33. The van der Waals surface area contributed by atoms with Crippen molar-refractivity contribution >= 4 is 27.3 Å². The molecular weight excluding hydrogens is 279 g/mol. The summed E-state index contributed by atoms with van der Waals surface area (Å²) in [5.74, 6) is -0.264. The van der Waals surface area contributed by atoms with Gasteiger partial charge in [-0.2, -0.15) is 0 Å². The molecule has 78 valence electrons. The summed E-state index contributed by atoms with van der Waals surface area (Å²) in [6, 6.07) is 4.55. The first-order valence-corrected chi connectivity index (χ1v) is 5.98. The first-order chi connectivity index (χ1) is 7.20. The average Bonchev–Trinajstić information content (AvgIpc) is 2.66. The highest BCUT2D eigenvalue weighted by Crippen LogP contribution is 2.29. The molecule has 1 aromatic carbocycles. The quantitative estimate of drug-likeness (QED) is 0.921. The highest BCUT2D eigenvalue weighted by Gasteiger charge is 2.07. The van der Waals surface area contributed by atoms with Crippen molar-refractivity contribution in [1.29, 1.82) is 0 Å². The molecule has 2 nitrogen and oxygen atoms in total. The van der Waals surface area contributed by atoms with E-state index in [2.05, 4.69) is 20.9 Å². The summed E-state index contributed by atoms with van der Waals surface area (Å²) in [7, 11) is 0. The molecule has 5 heteroatoms. The smallest absolute Gasteiger partial charge is 0.124 e. The van der Waals surface area contributed by atoms with Crippen molar-refractivity contribution in [2.45, 2.75) is 6.54 Å². The molecule has 0 aliphatic rings. The lowest BCUT2D eigenvalue weighted by Gasteiger charge is -2.00. The van der Waals surface area contributed by atoms with E-state index in [0.29, 0.717) is 11.0 Å². The maximum absolute atomic E-state index is 12.9. The van der Waals surface area contributed by atoms with Crippen LogP contribution in [0.3, 0.4) is 0 Å². The van der Waals surface area contributed by atoms with E-state index in [-0.39, 0.29) is 5.82 Å². The van der Waals surface area contributed by atoms with Crippen LogP contribution in [-0.2, 0) is 6.54 Å². The van der Waals surface area contributed by atoms with Gasteiger partial charge in [0.2, 0.25) is 0 Å². The molecule has 0 radical (unpaired) electrons. The Kier molecular flexibility index (Phi) is 3.14. The molecule has 2 N–H and O–H groups in total.